The van der Waals surface area contributed by atoms with Crippen LogP contribution in [0.15, 0.2) is 48.7 Å². The number of hydrogen-bond donors (Lipinski definition) is 1. The molecule has 4 bridgehead atoms. The van der Waals surface area contributed by atoms with Crippen LogP contribution in [0, 0.1) is 0 Å². The summed E-state index contributed by atoms with van der Waals surface area (Å²) >= 11 is 0. The molecular formula is C35H47N7O6. The molecule has 0 saturated carbocycles. The van der Waals surface area contributed by atoms with Crippen LogP contribution in [-0.4, -0.2) is 81.2 Å². The first kappa shape index (κ1) is 34.5. The number of nitrogens with zero attached hydrogens (tertiary/aromatic N) is 6. The number of carbonyl (C=O) groups excluding carboxylic acids is 3. The van der Waals surface area contributed by atoms with Gasteiger partial charge in [-0.05, 0) is 90.6 Å². The molecule has 3 amide bonds. The Bertz CT molecular complexity index is 1630. The number of benzene rings is 1. The molecule has 48 heavy (non-hydrogen) atoms. The average Bonchev–Trinajstić information content (AvgIpc) is 3.60. The lowest BCUT2D eigenvalue weighted by Gasteiger charge is -2.32. The molecule has 4 heterocycles. The predicted molar refractivity (Wildman–Crippen MR) is 181 cm³/mol. The number of ether oxygens (including phenoxy) is 3. The number of aromatic nitrogens is 3. The molecule has 1 fully saturated rings. The van der Waals surface area contributed by atoms with E-state index in [0.717, 1.165) is 22.7 Å². The van der Waals surface area contributed by atoms with Crippen molar-refractivity contribution in [1.29, 1.82) is 0 Å². The van der Waals surface area contributed by atoms with Crippen molar-refractivity contribution in [2.24, 2.45) is 7.05 Å². The van der Waals surface area contributed by atoms with E-state index in [0.29, 0.717) is 37.6 Å². The number of hydrogen-bond acceptors (Lipinski definition) is 9. The molecule has 3 aromatic rings. The molecule has 1 N–H and O–H groups in total. The van der Waals surface area contributed by atoms with Gasteiger partial charge in [0.05, 0.1) is 30.7 Å². The fourth-order valence-corrected chi connectivity index (χ4v) is 5.96. The number of amides is 3. The van der Waals surface area contributed by atoms with E-state index in [1.165, 1.54) is 9.80 Å². The van der Waals surface area contributed by atoms with Crippen LogP contribution in [0.4, 0.5) is 26.9 Å². The first-order valence-electron chi connectivity index (χ1n) is 16.3. The van der Waals surface area contributed by atoms with Gasteiger partial charge >= 0.3 is 12.2 Å². The molecule has 0 unspecified atom stereocenters. The lowest BCUT2D eigenvalue weighted by Crippen LogP contribution is -2.48. The maximum atomic E-state index is 14.0. The number of carbonyl (C=O) groups is 3. The first-order valence-corrected chi connectivity index (χ1v) is 16.3. The minimum absolute atomic E-state index is 0.0560. The molecule has 1 aromatic carbocycles. The molecule has 2 aliphatic heterocycles. The monoisotopic (exact) mass is 661 g/mol. The molecule has 258 valence electrons. The molecule has 2 aromatic heterocycles. The molecule has 2 aliphatic rings. The Labute approximate surface area is 282 Å². The molecule has 5 rings (SSSR count). The van der Waals surface area contributed by atoms with E-state index in [4.69, 9.17) is 19.2 Å². The van der Waals surface area contributed by atoms with Crippen molar-refractivity contribution in [3.8, 4) is 5.75 Å². The van der Waals surface area contributed by atoms with Crippen LogP contribution in [-0.2, 0) is 34.3 Å². The summed E-state index contributed by atoms with van der Waals surface area (Å²) in [5.74, 6) is 1.37. The molecule has 0 aliphatic carbocycles. The van der Waals surface area contributed by atoms with Crippen LogP contribution in [0.2, 0.25) is 0 Å². The van der Waals surface area contributed by atoms with Gasteiger partial charge in [-0.25, -0.2) is 14.6 Å². The van der Waals surface area contributed by atoms with Gasteiger partial charge in [0.25, 0.3) is 0 Å². The summed E-state index contributed by atoms with van der Waals surface area (Å²) in [5.41, 5.74) is 1.25. The van der Waals surface area contributed by atoms with E-state index in [1.54, 1.807) is 54.7 Å². The fraction of sp³-hybridized carbons (Fsp3) is 0.514. The zero-order chi connectivity index (χ0) is 34.8. The third-order valence-corrected chi connectivity index (χ3v) is 8.13. The number of fused-ring (bicyclic) bond motifs is 5. The second kappa shape index (κ2) is 13.7. The summed E-state index contributed by atoms with van der Waals surface area (Å²) in [7, 11) is 3.52. The topological polar surface area (TPSA) is 131 Å². The van der Waals surface area contributed by atoms with Gasteiger partial charge in [-0.3, -0.25) is 19.3 Å². The van der Waals surface area contributed by atoms with Crippen molar-refractivity contribution >= 4 is 35.4 Å². The zero-order valence-corrected chi connectivity index (χ0v) is 29.1. The van der Waals surface area contributed by atoms with Crippen LogP contribution in [0.25, 0.3) is 0 Å². The second-order valence-corrected chi connectivity index (χ2v) is 14.2. The summed E-state index contributed by atoms with van der Waals surface area (Å²) in [6.07, 6.45) is 2.00. The summed E-state index contributed by atoms with van der Waals surface area (Å²) in [6, 6.07) is 11.8. The highest BCUT2D eigenvalue weighted by Crippen LogP contribution is 2.34. The number of likely N-dealkylation sites (tertiary alicyclic amines) is 1. The van der Waals surface area contributed by atoms with E-state index in [1.807, 2.05) is 54.3 Å². The van der Waals surface area contributed by atoms with Gasteiger partial charge in [-0.1, -0.05) is 18.2 Å². The van der Waals surface area contributed by atoms with Gasteiger partial charge in [0, 0.05) is 26.7 Å². The summed E-state index contributed by atoms with van der Waals surface area (Å²) in [4.78, 5) is 51.2. The highest BCUT2D eigenvalue weighted by molar-refractivity contribution is 5.90. The summed E-state index contributed by atoms with van der Waals surface area (Å²) < 4.78 is 18.8. The van der Waals surface area contributed by atoms with Gasteiger partial charge in [0.1, 0.15) is 34.6 Å². The van der Waals surface area contributed by atoms with Crippen molar-refractivity contribution < 1.29 is 28.6 Å². The first-order chi connectivity index (χ1) is 22.6. The largest absolute Gasteiger partial charge is 0.497 e. The van der Waals surface area contributed by atoms with Crippen LogP contribution in [0.3, 0.4) is 0 Å². The van der Waals surface area contributed by atoms with Crippen LogP contribution in [0.5, 0.6) is 5.75 Å². The van der Waals surface area contributed by atoms with Crippen molar-refractivity contribution in [1.82, 2.24) is 25.0 Å². The Kier molecular flexibility index (Phi) is 9.88. The number of pyridine rings is 1. The summed E-state index contributed by atoms with van der Waals surface area (Å²) in [5, 5.41) is 7.62. The maximum Gasteiger partial charge on any atom is 0.416 e. The quantitative estimate of drug-likeness (QED) is 0.395. The van der Waals surface area contributed by atoms with Crippen molar-refractivity contribution in [3.63, 3.8) is 0 Å². The Balaban J connectivity index is 1.63. The lowest BCUT2D eigenvalue weighted by atomic mass is 10.1. The van der Waals surface area contributed by atoms with E-state index in [9.17, 15) is 14.4 Å². The van der Waals surface area contributed by atoms with Gasteiger partial charge in [-0.2, -0.15) is 5.10 Å². The van der Waals surface area contributed by atoms with Crippen LogP contribution in [0.1, 0.15) is 65.6 Å². The lowest BCUT2D eigenvalue weighted by molar-refractivity contribution is -0.125. The standard InChI is InChI=1S/C35H47N7O6/c1-34(2,3)47-32(44)41-22-24-19-27(41)31(43)36-18-10-11-26-28(20-37-39(26)7)40(21-23-14-16-25(46-8)17-15-23)29-12-9-13-30(38-29)42(24)33(45)48-35(4,5)6/h9,12-17,20,24,27H,10-11,18-19,21-22H2,1-8H3,(H,36,43)/t24-,27-/m0/s1. The van der Waals surface area contributed by atoms with Gasteiger partial charge in [0.15, 0.2) is 0 Å². The van der Waals surface area contributed by atoms with Crippen LogP contribution < -0.4 is 19.9 Å². The Hall–Kier alpha value is -4.81. The SMILES string of the molecule is COc1ccc(CN2c3cccc(n3)N(C(=O)OC(C)(C)C)[C@H]3C[C@@H](C(=O)NCCCc4c2cnn4C)N(C(=O)OC(C)(C)C)C3)cc1. The van der Waals surface area contributed by atoms with Crippen molar-refractivity contribution in [2.75, 3.05) is 30.0 Å². The molecule has 13 heteroatoms. The van der Waals surface area contributed by atoms with Gasteiger partial charge < -0.3 is 24.4 Å². The number of methoxy groups -OCH3 is 1. The second-order valence-electron chi connectivity index (χ2n) is 14.2. The van der Waals surface area contributed by atoms with Crippen molar-refractivity contribution in [3.05, 3.63) is 59.9 Å². The van der Waals surface area contributed by atoms with Crippen LogP contribution >= 0.6 is 0 Å². The molecule has 13 nitrogen and oxygen atoms in total. The molecule has 0 radical (unpaired) electrons. The molecular weight excluding hydrogens is 614 g/mol. The third kappa shape index (κ3) is 8.00. The van der Waals surface area contributed by atoms with E-state index in [-0.39, 0.29) is 18.9 Å². The highest BCUT2D eigenvalue weighted by atomic mass is 16.6. The van der Waals surface area contributed by atoms with Crippen molar-refractivity contribution in [2.45, 2.75) is 90.6 Å². The van der Waals surface area contributed by atoms with Gasteiger partial charge in [0.2, 0.25) is 5.91 Å². The Morgan fingerprint density at radius 2 is 1.62 bits per heavy atom. The predicted octanol–water partition coefficient (Wildman–Crippen LogP) is 5.34. The van der Waals surface area contributed by atoms with E-state index in [2.05, 4.69) is 15.3 Å². The normalized spacial score (nSPS) is 18.8. The minimum Gasteiger partial charge on any atom is -0.497 e. The molecule has 1 saturated heterocycles. The maximum absolute atomic E-state index is 14.0. The Morgan fingerprint density at radius 3 is 2.29 bits per heavy atom. The number of aryl methyl sites for hydroxylation is 1. The number of nitrogens with one attached hydrogen (secondary N) is 1. The highest BCUT2D eigenvalue weighted by Gasteiger charge is 2.46. The smallest absolute Gasteiger partial charge is 0.416 e. The minimum atomic E-state index is -0.859. The van der Waals surface area contributed by atoms with E-state index >= 15 is 0 Å². The Morgan fingerprint density at radius 1 is 0.958 bits per heavy atom. The average molecular weight is 662 g/mol. The summed E-state index contributed by atoms with van der Waals surface area (Å²) in [6.45, 7) is 11.6. The van der Waals surface area contributed by atoms with E-state index < -0.39 is 35.5 Å². The number of rotatable bonds is 3. The fourth-order valence-electron chi connectivity index (χ4n) is 5.96. The molecule has 0 spiro atoms. The number of anilines is 3. The third-order valence-electron chi connectivity index (χ3n) is 8.13. The van der Waals surface area contributed by atoms with Gasteiger partial charge in [-0.15, -0.1) is 0 Å². The molecule has 2 atom stereocenters. The zero-order valence-electron chi connectivity index (χ0n) is 29.1.